The zero-order valence-electron chi connectivity index (χ0n) is 7.72. The predicted octanol–water partition coefficient (Wildman–Crippen LogP) is 2.44. The Balaban J connectivity index is 2.83. The van der Waals surface area contributed by atoms with E-state index in [9.17, 15) is 13.2 Å². The average molecular weight is 241 g/mol. The highest BCUT2D eigenvalue weighted by Gasteiger charge is 2.29. The molecule has 0 spiro atoms. The van der Waals surface area contributed by atoms with Gasteiger partial charge in [-0.25, -0.2) is 4.98 Å². The second-order valence-corrected chi connectivity index (χ2v) is 3.31. The van der Waals surface area contributed by atoms with E-state index in [-0.39, 0.29) is 16.7 Å². The van der Waals surface area contributed by atoms with Gasteiger partial charge in [0.2, 0.25) is 0 Å². The fourth-order valence-corrected chi connectivity index (χ4v) is 1.13. The molecule has 0 aliphatic rings. The topological polar surface area (TPSA) is 36.4 Å². The summed E-state index contributed by atoms with van der Waals surface area (Å²) in [6.45, 7) is -1.12. The van der Waals surface area contributed by atoms with Crippen LogP contribution < -0.4 is 4.90 Å². The van der Waals surface area contributed by atoms with Crippen molar-refractivity contribution in [1.82, 2.24) is 4.98 Å². The smallest absolute Gasteiger partial charge is 0.405 e. The molecule has 3 nitrogen and oxygen atoms in total. The van der Waals surface area contributed by atoms with Gasteiger partial charge in [0.05, 0.1) is 0 Å². The summed E-state index contributed by atoms with van der Waals surface area (Å²) in [6.07, 6.45) is -4.30. The largest absolute Gasteiger partial charge is 0.505 e. The molecule has 0 bridgehead atoms. The minimum atomic E-state index is -4.30. The van der Waals surface area contributed by atoms with E-state index in [1.807, 2.05) is 0 Å². The first-order valence-corrected chi connectivity index (χ1v) is 4.31. The number of hydrogen-bond acceptors (Lipinski definition) is 3. The molecular weight excluding hydrogens is 233 g/mol. The number of aromatic nitrogens is 1. The van der Waals surface area contributed by atoms with E-state index >= 15 is 0 Å². The van der Waals surface area contributed by atoms with E-state index in [1.54, 1.807) is 0 Å². The van der Waals surface area contributed by atoms with Crippen molar-refractivity contribution >= 4 is 17.4 Å². The lowest BCUT2D eigenvalue weighted by atomic mass is 10.4. The van der Waals surface area contributed by atoms with Crippen LogP contribution in [0.5, 0.6) is 5.75 Å². The van der Waals surface area contributed by atoms with Gasteiger partial charge >= 0.3 is 6.18 Å². The van der Waals surface area contributed by atoms with E-state index in [1.165, 1.54) is 19.2 Å². The van der Waals surface area contributed by atoms with Crippen molar-refractivity contribution in [3.8, 4) is 5.75 Å². The van der Waals surface area contributed by atoms with Gasteiger partial charge in [0.25, 0.3) is 0 Å². The van der Waals surface area contributed by atoms with Gasteiger partial charge in [-0.3, -0.25) is 0 Å². The summed E-state index contributed by atoms with van der Waals surface area (Å²) in [5.41, 5.74) is 0. The molecule has 15 heavy (non-hydrogen) atoms. The molecule has 0 aliphatic carbocycles. The van der Waals surface area contributed by atoms with Crippen LogP contribution in [-0.4, -0.2) is 29.9 Å². The molecule has 1 N–H and O–H groups in total. The highest BCUT2D eigenvalue weighted by molar-refractivity contribution is 6.30. The van der Waals surface area contributed by atoms with Crippen LogP contribution >= 0.6 is 11.6 Å². The van der Waals surface area contributed by atoms with Crippen molar-refractivity contribution in [2.24, 2.45) is 0 Å². The Hall–Kier alpha value is -1.17. The lowest BCUT2D eigenvalue weighted by Gasteiger charge is -2.19. The summed E-state index contributed by atoms with van der Waals surface area (Å²) >= 11 is 5.46. The lowest BCUT2D eigenvalue weighted by molar-refractivity contribution is -0.119. The molecular formula is C8H8ClF3N2O. The molecule has 0 atom stereocenters. The second kappa shape index (κ2) is 4.14. The van der Waals surface area contributed by atoms with E-state index in [0.29, 0.717) is 0 Å². The fraction of sp³-hybridized carbons (Fsp3) is 0.375. The van der Waals surface area contributed by atoms with Crippen molar-refractivity contribution in [2.75, 3.05) is 18.5 Å². The lowest BCUT2D eigenvalue weighted by Crippen LogP contribution is -2.31. The number of alkyl halides is 3. The number of nitrogens with zero attached hydrogens (tertiary/aromatic N) is 2. The third-order valence-corrected chi connectivity index (χ3v) is 1.90. The Morgan fingerprint density at radius 1 is 1.47 bits per heavy atom. The molecule has 1 aromatic rings. The maximum atomic E-state index is 12.0. The fourth-order valence-electron chi connectivity index (χ4n) is 0.980. The van der Waals surface area contributed by atoms with Crippen molar-refractivity contribution in [3.63, 3.8) is 0 Å². The highest BCUT2D eigenvalue weighted by atomic mass is 35.5. The van der Waals surface area contributed by atoms with Gasteiger partial charge in [-0.15, -0.1) is 0 Å². The van der Waals surface area contributed by atoms with E-state index in [4.69, 9.17) is 16.7 Å². The molecule has 0 aromatic carbocycles. The molecule has 0 unspecified atom stereocenters. The van der Waals surface area contributed by atoms with Gasteiger partial charge < -0.3 is 10.0 Å². The minimum absolute atomic E-state index is 0.0510. The van der Waals surface area contributed by atoms with Crippen molar-refractivity contribution in [3.05, 3.63) is 17.3 Å². The monoisotopic (exact) mass is 240 g/mol. The molecule has 0 aliphatic heterocycles. The van der Waals surface area contributed by atoms with Gasteiger partial charge in [-0.1, -0.05) is 11.6 Å². The molecule has 0 saturated carbocycles. The molecule has 0 fully saturated rings. The normalized spacial score (nSPS) is 11.5. The van der Waals surface area contributed by atoms with Gasteiger partial charge in [0.1, 0.15) is 12.4 Å². The van der Waals surface area contributed by atoms with Crippen LogP contribution in [-0.2, 0) is 0 Å². The Labute approximate surface area is 89.1 Å². The Morgan fingerprint density at radius 3 is 2.53 bits per heavy atom. The van der Waals surface area contributed by atoms with Gasteiger partial charge in [-0.05, 0) is 12.1 Å². The molecule has 0 radical (unpaired) electrons. The number of rotatable bonds is 2. The standard InChI is InChI=1S/C8H8ClF3N2O/c1-14(4-8(10,11)12)6-3-2-5(15)7(9)13-6/h2-3,15H,4H2,1H3. The van der Waals surface area contributed by atoms with Gasteiger partial charge in [-0.2, -0.15) is 13.2 Å². The van der Waals surface area contributed by atoms with E-state index in [0.717, 1.165) is 4.90 Å². The Bertz CT molecular complexity index is 356. The quantitative estimate of drug-likeness (QED) is 0.807. The van der Waals surface area contributed by atoms with Crippen LogP contribution in [0.3, 0.4) is 0 Å². The van der Waals surface area contributed by atoms with Crippen LogP contribution in [0.2, 0.25) is 5.15 Å². The van der Waals surface area contributed by atoms with Crippen LogP contribution in [0, 0.1) is 0 Å². The van der Waals surface area contributed by atoms with Crippen LogP contribution in [0.25, 0.3) is 0 Å². The molecule has 0 saturated heterocycles. The molecule has 1 rings (SSSR count). The average Bonchev–Trinajstić information content (AvgIpc) is 2.06. The maximum Gasteiger partial charge on any atom is 0.405 e. The van der Waals surface area contributed by atoms with Crippen LogP contribution in [0.4, 0.5) is 19.0 Å². The van der Waals surface area contributed by atoms with E-state index < -0.39 is 12.7 Å². The number of anilines is 1. The Morgan fingerprint density at radius 2 is 2.07 bits per heavy atom. The highest BCUT2D eigenvalue weighted by Crippen LogP contribution is 2.25. The Kier molecular flexibility index (Phi) is 3.28. The van der Waals surface area contributed by atoms with Gasteiger partial charge in [0.15, 0.2) is 10.9 Å². The summed E-state index contributed by atoms with van der Waals surface area (Å²) in [5.74, 6) is -0.212. The predicted molar refractivity (Wildman–Crippen MR) is 50.2 cm³/mol. The molecule has 84 valence electrons. The molecule has 1 aromatic heterocycles. The summed E-state index contributed by atoms with van der Waals surface area (Å²) < 4.78 is 36.1. The molecule has 0 amide bonds. The van der Waals surface area contributed by atoms with Crippen molar-refractivity contribution < 1.29 is 18.3 Å². The van der Waals surface area contributed by atoms with Gasteiger partial charge in [0, 0.05) is 7.05 Å². The maximum absolute atomic E-state index is 12.0. The number of hydrogen-bond donors (Lipinski definition) is 1. The second-order valence-electron chi connectivity index (χ2n) is 2.95. The zero-order chi connectivity index (χ0) is 11.6. The third kappa shape index (κ3) is 3.47. The summed E-state index contributed by atoms with van der Waals surface area (Å²) in [4.78, 5) is 4.49. The van der Waals surface area contributed by atoms with Crippen LogP contribution in [0.15, 0.2) is 12.1 Å². The number of halogens is 4. The molecule has 1 heterocycles. The summed E-state index contributed by atoms with van der Waals surface area (Å²) in [6, 6.07) is 2.45. The number of aromatic hydroxyl groups is 1. The first-order valence-electron chi connectivity index (χ1n) is 3.93. The minimum Gasteiger partial charge on any atom is -0.505 e. The van der Waals surface area contributed by atoms with E-state index in [2.05, 4.69) is 4.98 Å². The van der Waals surface area contributed by atoms with Crippen molar-refractivity contribution in [2.45, 2.75) is 6.18 Å². The molecule has 7 heteroatoms. The van der Waals surface area contributed by atoms with Crippen LogP contribution in [0.1, 0.15) is 0 Å². The summed E-state index contributed by atoms with van der Waals surface area (Å²) in [5, 5.41) is 8.80. The first-order chi connectivity index (χ1) is 6.79. The third-order valence-electron chi connectivity index (χ3n) is 1.62. The first kappa shape index (κ1) is 11.9. The zero-order valence-corrected chi connectivity index (χ0v) is 8.47. The number of pyridine rings is 1. The van der Waals surface area contributed by atoms with Crippen molar-refractivity contribution in [1.29, 1.82) is 0 Å². The SMILES string of the molecule is CN(CC(F)(F)F)c1ccc(O)c(Cl)n1. The summed E-state index contributed by atoms with van der Waals surface area (Å²) in [7, 11) is 1.24.